The number of nitrogens with zero attached hydrogens (tertiary/aromatic N) is 1. The number of hydrogen-bond acceptors (Lipinski definition) is 7. The number of amides is 1. The van der Waals surface area contributed by atoms with Crippen LogP contribution < -0.4 is 14.2 Å². The predicted molar refractivity (Wildman–Crippen MR) is 121 cm³/mol. The number of benzene rings is 2. The Kier molecular flexibility index (Phi) is 6.84. The van der Waals surface area contributed by atoms with Crippen molar-refractivity contribution in [2.75, 3.05) is 40.1 Å². The molecule has 0 bridgehead atoms. The monoisotopic (exact) mass is 453 g/mol. The second-order valence-corrected chi connectivity index (χ2v) is 7.76. The van der Waals surface area contributed by atoms with Crippen LogP contribution >= 0.6 is 0 Å². The molecule has 0 radical (unpaired) electrons. The smallest absolute Gasteiger partial charge is 0.295 e. The molecule has 0 spiro atoms. The number of fused-ring (bicyclic) bond motifs is 1. The third kappa shape index (κ3) is 4.52. The fourth-order valence-electron chi connectivity index (χ4n) is 3.99. The van der Waals surface area contributed by atoms with Gasteiger partial charge in [0.1, 0.15) is 24.7 Å². The lowest BCUT2D eigenvalue weighted by atomic mass is 9.95. The Bertz CT molecular complexity index is 1080. The van der Waals surface area contributed by atoms with E-state index in [1.807, 2.05) is 19.1 Å². The van der Waals surface area contributed by atoms with Gasteiger partial charge in [-0.1, -0.05) is 19.1 Å². The maximum absolute atomic E-state index is 13.1. The Balaban J connectivity index is 1.80. The molecule has 2 aliphatic rings. The first-order chi connectivity index (χ1) is 16.0. The molecular weight excluding hydrogens is 426 g/mol. The average molecular weight is 453 g/mol. The van der Waals surface area contributed by atoms with Crippen molar-refractivity contribution in [2.24, 2.45) is 0 Å². The van der Waals surface area contributed by atoms with Gasteiger partial charge in [-0.2, -0.15) is 0 Å². The van der Waals surface area contributed by atoms with E-state index in [9.17, 15) is 14.7 Å². The topological polar surface area (TPSA) is 94.5 Å². The minimum atomic E-state index is -0.779. The summed E-state index contributed by atoms with van der Waals surface area (Å²) in [5.74, 6) is -0.0263. The molecule has 2 aromatic carbocycles. The fraction of sp³-hybridized carbons (Fsp3) is 0.360. The predicted octanol–water partition coefficient (Wildman–Crippen LogP) is 3.31. The van der Waals surface area contributed by atoms with Gasteiger partial charge in [-0.25, -0.2) is 0 Å². The maximum Gasteiger partial charge on any atom is 0.295 e. The van der Waals surface area contributed by atoms with Gasteiger partial charge in [-0.05, 0) is 42.3 Å². The van der Waals surface area contributed by atoms with E-state index >= 15 is 0 Å². The molecule has 0 saturated carbocycles. The molecule has 33 heavy (non-hydrogen) atoms. The first kappa shape index (κ1) is 22.7. The number of aliphatic hydroxyl groups excluding tert-OH is 1. The molecule has 1 amide bonds. The second kappa shape index (κ2) is 9.95. The van der Waals surface area contributed by atoms with Crippen molar-refractivity contribution < 1.29 is 33.6 Å². The molecule has 174 valence electrons. The first-order valence-corrected chi connectivity index (χ1v) is 10.9. The first-order valence-electron chi connectivity index (χ1n) is 10.9. The summed E-state index contributed by atoms with van der Waals surface area (Å²) in [5, 5.41) is 11.2. The number of hydrogen-bond donors (Lipinski definition) is 1. The van der Waals surface area contributed by atoms with E-state index in [1.54, 1.807) is 30.3 Å². The van der Waals surface area contributed by atoms with Crippen molar-refractivity contribution in [3.63, 3.8) is 0 Å². The Labute approximate surface area is 192 Å². The third-order valence-electron chi connectivity index (χ3n) is 5.54. The third-order valence-corrected chi connectivity index (χ3v) is 5.54. The van der Waals surface area contributed by atoms with Crippen molar-refractivity contribution in [2.45, 2.75) is 19.4 Å². The molecular formula is C25H27NO7. The molecule has 1 unspecified atom stereocenters. The van der Waals surface area contributed by atoms with Gasteiger partial charge < -0.3 is 29.0 Å². The highest BCUT2D eigenvalue weighted by molar-refractivity contribution is 6.46. The highest BCUT2D eigenvalue weighted by Gasteiger charge is 2.46. The molecule has 2 aliphatic heterocycles. The van der Waals surface area contributed by atoms with E-state index in [0.717, 1.165) is 6.42 Å². The number of carbonyl (C=O) groups excluding carboxylic acids is 2. The van der Waals surface area contributed by atoms with Crippen LogP contribution in [0.1, 0.15) is 30.5 Å². The van der Waals surface area contributed by atoms with E-state index in [2.05, 4.69) is 0 Å². The van der Waals surface area contributed by atoms with Crippen LogP contribution in [0.3, 0.4) is 0 Å². The Morgan fingerprint density at radius 3 is 2.64 bits per heavy atom. The number of rotatable bonds is 8. The highest BCUT2D eigenvalue weighted by atomic mass is 16.6. The van der Waals surface area contributed by atoms with Gasteiger partial charge in [0.2, 0.25) is 0 Å². The number of aliphatic hydroxyl groups is 1. The molecule has 8 heteroatoms. The summed E-state index contributed by atoms with van der Waals surface area (Å²) >= 11 is 0. The van der Waals surface area contributed by atoms with Crippen LogP contribution in [0.2, 0.25) is 0 Å². The zero-order valence-electron chi connectivity index (χ0n) is 18.7. The van der Waals surface area contributed by atoms with Gasteiger partial charge in [-0.3, -0.25) is 9.59 Å². The number of Topliss-reactive ketones (excluding diaryl/α,β-unsaturated/α-hetero) is 1. The minimum absolute atomic E-state index is 0.0143. The lowest BCUT2D eigenvalue weighted by Gasteiger charge is -2.25. The molecule has 1 fully saturated rings. The van der Waals surface area contributed by atoms with Gasteiger partial charge in [0.05, 0.1) is 24.8 Å². The molecule has 1 saturated heterocycles. The van der Waals surface area contributed by atoms with Gasteiger partial charge >= 0.3 is 0 Å². The molecule has 2 aromatic rings. The highest BCUT2D eigenvalue weighted by Crippen LogP contribution is 2.41. The zero-order chi connectivity index (χ0) is 23.4. The van der Waals surface area contributed by atoms with Crippen LogP contribution in [0.15, 0.2) is 48.0 Å². The lowest BCUT2D eigenvalue weighted by molar-refractivity contribution is -0.140. The van der Waals surface area contributed by atoms with Gasteiger partial charge in [-0.15, -0.1) is 0 Å². The number of ketones is 1. The van der Waals surface area contributed by atoms with Crippen molar-refractivity contribution in [3.8, 4) is 17.2 Å². The summed E-state index contributed by atoms with van der Waals surface area (Å²) in [6.45, 7) is 3.84. The Hall–Kier alpha value is -3.52. The Morgan fingerprint density at radius 2 is 1.88 bits per heavy atom. The number of carbonyl (C=O) groups is 2. The molecule has 2 heterocycles. The summed E-state index contributed by atoms with van der Waals surface area (Å²) in [5.41, 5.74) is 1.05. The van der Waals surface area contributed by atoms with Crippen molar-refractivity contribution in [1.29, 1.82) is 0 Å². The van der Waals surface area contributed by atoms with Crippen LogP contribution in [0, 0.1) is 0 Å². The van der Waals surface area contributed by atoms with Crippen molar-refractivity contribution in [3.05, 3.63) is 59.2 Å². The summed E-state index contributed by atoms with van der Waals surface area (Å²) in [6, 6.07) is 11.4. The summed E-state index contributed by atoms with van der Waals surface area (Å²) < 4.78 is 22.0. The molecule has 8 nitrogen and oxygen atoms in total. The van der Waals surface area contributed by atoms with Crippen LogP contribution in [0.4, 0.5) is 0 Å². The quantitative estimate of drug-likeness (QED) is 0.372. The SMILES string of the molecule is CCCOc1cccc(C2/C(=C(/O)c3ccc4c(c3)OCCO4)C(=O)C(=O)N2CCOC)c1. The van der Waals surface area contributed by atoms with E-state index in [0.29, 0.717) is 48.2 Å². The largest absolute Gasteiger partial charge is 0.507 e. The molecule has 1 atom stereocenters. The standard InChI is InChI=1S/C25H27NO7/c1-3-10-31-18-6-4-5-16(14-18)22-21(24(28)25(29)26(22)9-11-30-2)23(27)17-7-8-19-20(15-17)33-13-12-32-19/h4-8,14-15,22,27H,3,9-13H2,1-2H3/b23-21-. The number of ether oxygens (including phenoxy) is 4. The van der Waals surface area contributed by atoms with E-state index in [4.69, 9.17) is 18.9 Å². The average Bonchev–Trinajstić information content (AvgIpc) is 3.10. The molecule has 4 rings (SSSR count). The minimum Gasteiger partial charge on any atom is -0.507 e. The summed E-state index contributed by atoms with van der Waals surface area (Å²) in [4.78, 5) is 27.4. The lowest BCUT2D eigenvalue weighted by Crippen LogP contribution is -2.32. The van der Waals surface area contributed by atoms with Crippen LogP contribution in [-0.4, -0.2) is 61.8 Å². The summed E-state index contributed by atoms with van der Waals surface area (Å²) in [6.07, 6.45) is 0.848. The van der Waals surface area contributed by atoms with E-state index in [-0.39, 0.29) is 24.5 Å². The molecule has 1 N–H and O–H groups in total. The van der Waals surface area contributed by atoms with Crippen LogP contribution in [0.25, 0.3) is 5.76 Å². The van der Waals surface area contributed by atoms with Gasteiger partial charge in [0.25, 0.3) is 11.7 Å². The zero-order valence-corrected chi connectivity index (χ0v) is 18.7. The van der Waals surface area contributed by atoms with Crippen molar-refractivity contribution >= 4 is 17.4 Å². The molecule has 0 aliphatic carbocycles. The number of likely N-dealkylation sites (tertiary alicyclic amines) is 1. The number of methoxy groups -OCH3 is 1. The maximum atomic E-state index is 13.1. The van der Waals surface area contributed by atoms with Gasteiger partial charge in [0, 0.05) is 19.2 Å². The van der Waals surface area contributed by atoms with Crippen LogP contribution in [-0.2, 0) is 14.3 Å². The Morgan fingerprint density at radius 1 is 1.09 bits per heavy atom. The normalized spacial score (nSPS) is 19.1. The summed E-state index contributed by atoms with van der Waals surface area (Å²) in [7, 11) is 1.53. The second-order valence-electron chi connectivity index (χ2n) is 7.76. The van der Waals surface area contributed by atoms with Crippen LogP contribution in [0.5, 0.6) is 17.2 Å². The fourth-order valence-corrected chi connectivity index (χ4v) is 3.99. The molecule has 0 aromatic heterocycles. The van der Waals surface area contributed by atoms with Crippen molar-refractivity contribution in [1.82, 2.24) is 4.90 Å². The van der Waals surface area contributed by atoms with E-state index in [1.165, 1.54) is 12.0 Å². The van der Waals surface area contributed by atoms with E-state index < -0.39 is 17.7 Å². The van der Waals surface area contributed by atoms with Gasteiger partial charge in [0.15, 0.2) is 11.5 Å².